The van der Waals surface area contributed by atoms with Crippen LogP contribution in [0.25, 0.3) is 0 Å². The molecule has 84 valence electrons. The molecule has 0 aromatic rings. The molecule has 1 rings (SSSR count). The van der Waals surface area contributed by atoms with Crippen LogP contribution in [0.4, 0.5) is 0 Å². The number of rotatable bonds is 4. The number of hydrogen-bond donors (Lipinski definition) is 1. The molecule has 0 bridgehead atoms. The summed E-state index contributed by atoms with van der Waals surface area (Å²) in [6.07, 6.45) is 1.57. The summed E-state index contributed by atoms with van der Waals surface area (Å²) in [5, 5.41) is 3.56. The summed E-state index contributed by atoms with van der Waals surface area (Å²) in [5.74, 6) is 1.19. The second kappa shape index (κ2) is 5.38. The maximum Gasteiger partial charge on any atom is 0.0700 e. The average molecular weight is 217 g/mol. The molecule has 1 N–H and O–H groups in total. The fourth-order valence-electron chi connectivity index (χ4n) is 1.60. The van der Waals surface area contributed by atoms with Gasteiger partial charge in [-0.1, -0.05) is 20.8 Å². The highest BCUT2D eigenvalue weighted by molar-refractivity contribution is 8.00. The van der Waals surface area contributed by atoms with E-state index in [4.69, 9.17) is 4.74 Å². The highest BCUT2D eigenvalue weighted by atomic mass is 32.2. The van der Waals surface area contributed by atoms with Gasteiger partial charge in [0.05, 0.1) is 6.10 Å². The third-order valence-corrected chi connectivity index (χ3v) is 3.69. The van der Waals surface area contributed by atoms with Crippen LogP contribution >= 0.6 is 11.8 Å². The van der Waals surface area contributed by atoms with Crippen molar-refractivity contribution in [1.82, 2.24) is 5.32 Å². The monoisotopic (exact) mass is 217 g/mol. The summed E-state index contributed by atoms with van der Waals surface area (Å²) in [7, 11) is 0. The normalized spacial score (nSPS) is 28.3. The molecule has 1 heterocycles. The highest BCUT2D eigenvalue weighted by Gasteiger charge is 2.23. The van der Waals surface area contributed by atoms with Gasteiger partial charge in [-0.05, 0) is 13.3 Å². The molecule has 0 amide bonds. The minimum Gasteiger partial charge on any atom is -0.377 e. The van der Waals surface area contributed by atoms with E-state index in [1.54, 1.807) is 0 Å². The van der Waals surface area contributed by atoms with Gasteiger partial charge < -0.3 is 10.1 Å². The third-order valence-electron chi connectivity index (χ3n) is 2.42. The number of hydrogen-bond acceptors (Lipinski definition) is 3. The largest absolute Gasteiger partial charge is 0.377 e. The molecule has 0 spiro atoms. The van der Waals surface area contributed by atoms with E-state index in [9.17, 15) is 0 Å². The van der Waals surface area contributed by atoms with Crippen molar-refractivity contribution < 1.29 is 4.74 Å². The van der Waals surface area contributed by atoms with Crippen LogP contribution in [0.15, 0.2) is 0 Å². The van der Waals surface area contributed by atoms with Crippen molar-refractivity contribution in [2.75, 3.05) is 18.9 Å². The van der Waals surface area contributed by atoms with Crippen molar-refractivity contribution in [1.29, 1.82) is 0 Å². The molecule has 2 atom stereocenters. The lowest BCUT2D eigenvalue weighted by atomic mass is 10.2. The molecule has 1 fully saturated rings. The van der Waals surface area contributed by atoms with Gasteiger partial charge in [-0.3, -0.25) is 0 Å². The fourth-order valence-corrected chi connectivity index (χ4v) is 2.43. The summed E-state index contributed by atoms with van der Waals surface area (Å²) in [4.78, 5) is 0. The van der Waals surface area contributed by atoms with Crippen molar-refractivity contribution in [2.24, 2.45) is 0 Å². The van der Waals surface area contributed by atoms with E-state index >= 15 is 0 Å². The predicted octanol–water partition coefficient (Wildman–Crippen LogP) is 2.29. The van der Waals surface area contributed by atoms with Crippen LogP contribution in [-0.2, 0) is 4.74 Å². The van der Waals surface area contributed by atoms with Crippen molar-refractivity contribution in [3.05, 3.63) is 0 Å². The summed E-state index contributed by atoms with van der Waals surface area (Å²) >= 11 is 2.01. The van der Waals surface area contributed by atoms with Crippen LogP contribution in [0, 0.1) is 0 Å². The van der Waals surface area contributed by atoms with Gasteiger partial charge in [0.1, 0.15) is 0 Å². The van der Waals surface area contributed by atoms with E-state index in [1.165, 1.54) is 12.2 Å². The summed E-state index contributed by atoms with van der Waals surface area (Å²) in [5.41, 5.74) is 0. The summed E-state index contributed by atoms with van der Waals surface area (Å²) in [6, 6.07) is 0.579. The van der Waals surface area contributed by atoms with Crippen molar-refractivity contribution >= 4 is 11.8 Å². The summed E-state index contributed by atoms with van der Waals surface area (Å²) in [6.45, 7) is 11.0. The van der Waals surface area contributed by atoms with Crippen LogP contribution in [0.2, 0.25) is 0 Å². The zero-order valence-corrected chi connectivity index (χ0v) is 10.6. The highest BCUT2D eigenvalue weighted by Crippen LogP contribution is 2.22. The molecule has 14 heavy (non-hydrogen) atoms. The molecule has 2 nitrogen and oxygen atoms in total. The lowest BCUT2D eigenvalue weighted by Crippen LogP contribution is -2.36. The Morgan fingerprint density at radius 1 is 1.43 bits per heavy atom. The molecule has 0 aromatic carbocycles. The molecule has 1 aliphatic heterocycles. The first-order valence-corrected chi connectivity index (χ1v) is 6.46. The molecular formula is C11H23NOS. The first-order valence-electron chi connectivity index (χ1n) is 5.48. The van der Waals surface area contributed by atoms with E-state index in [-0.39, 0.29) is 0 Å². The van der Waals surface area contributed by atoms with Gasteiger partial charge in [0.25, 0.3) is 0 Å². The minimum atomic E-state index is 0.388. The van der Waals surface area contributed by atoms with Gasteiger partial charge in [-0.2, -0.15) is 11.8 Å². The first-order chi connectivity index (χ1) is 6.49. The third kappa shape index (κ3) is 4.67. The molecule has 0 aromatic heterocycles. The van der Waals surface area contributed by atoms with Crippen LogP contribution in [0.1, 0.15) is 34.1 Å². The maximum absolute atomic E-state index is 5.49. The zero-order valence-electron chi connectivity index (χ0n) is 9.80. The van der Waals surface area contributed by atoms with Crippen molar-refractivity contribution in [3.8, 4) is 0 Å². The molecule has 0 radical (unpaired) electrons. The van der Waals surface area contributed by atoms with Crippen LogP contribution in [-0.4, -0.2) is 35.8 Å². The number of nitrogens with one attached hydrogen (secondary N) is 1. The predicted molar refractivity (Wildman–Crippen MR) is 64.0 cm³/mol. The molecule has 0 saturated carbocycles. The fraction of sp³-hybridized carbons (Fsp3) is 1.00. The standard InChI is InChI=1S/C11H23NOS/c1-9-10(5-7-13-9)12-6-8-14-11(2,3)4/h9-10,12H,5-8H2,1-4H3/t9-,10+/m1/s1. The van der Waals surface area contributed by atoms with E-state index in [0.29, 0.717) is 16.9 Å². The van der Waals surface area contributed by atoms with E-state index in [2.05, 4.69) is 33.0 Å². The number of ether oxygens (including phenoxy) is 1. The Balaban J connectivity index is 2.04. The van der Waals surface area contributed by atoms with Gasteiger partial charge in [-0.25, -0.2) is 0 Å². The van der Waals surface area contributed by atoms with Crippen LogP contribution in [0.3, 0.4) is 0 Å². The summed E-state index contributed by atoms with van der Waals surface area (Å²) < 4.78 is 5.88. The van der Waals surface area contributed by atoms with E-state index in [0.717, 1.165) is 13.2 Å². The Morgan fingerprint density at radius 2 is 2.14 bits per heavy atom. The molecule has 1 saturated heterocycles. The second-order valence-electron chi connectivity index (χ2n) is 4.89. The quantitative estimate of drug-likeness (QED) is 0.730. The molecule has 0 unspecified atom stereocenters. The zero-order chi connectivity index (χ0) is 10.6. The molecular weight excluding hydrogens is 194 g/mol. The Morgan fingerprint density at radius 3 is 2.64 bits per heavy atom. The molecule has 1 aliphatic rings. The van der Waals surface area contributed by atoms with Gasteiger partial charge >= 0.3 is 0 Å². The Kier molecular flexibility index (Phi) is 4.74. The van der Waals surface area contributed by atoms with E-state index in [1.807, 2.05) is 11.8 Å². The Bertz CT molecular complexity index is 167. The minimum absolute atomic E-state index is 0.388. The number of thioether (sulfide) groups is 1. The van der Waals surface area contributed by atoms with Crippen molar-refractivity contribution in [3.63, 3.8) is 0 Å². The smallest absolute Gasteiger partial charge is 0.0700 e. The SMILES string of the molecule is C[C@H]1OCC[C@@H]1NCCSC(C)(C)C. The van der Waals surface area contributed by atoms with Gasteiger partial charge in [-0.15, -0.1) is 0 Å². The van der Waals surface area contributed by atoms with Gasteiger partial charge in [0.15, 0.2) is 0 Å². The first kappa shape index (κ1) is 12.3. The van der Waals surface area contributed by atoms with Crippen LogP contribution < -0.4 is 5.32 Å². The van der Waals surface area contributed by atoms with E-state index < -0.39 is 0 Å². The Hall–Kier alpha value is 0.270. The van der Waals surface area contributed by atoms with Crippen molar-refractivity contribution in [2.45, 2.75) is 51.0 Å². The van der Waals surface area contributed by atoms with Gasteiger partial charge in [0, 0.05) is 29.7 Å². The topological polar surface area (TPSA) is 21.3 Å². The lowest BCUT2D eigenvalue weighted by Gasteiger charge is -2.20. The average Bonchev–Trinajstić information content (AvgIpc) is 2.44. The van der Waals surface area contributed by atoms with Crippen LogP contribution in [0.5, 0.6) is 0 Å². The second-order valence-corrected chi connectivity index (χ2v) is 6.81. The molecule has 3 heteroatoms. The Labute approximate surface area is 92.2 Å². The lowest BCUT2D eigenvalue weighted by molar-refractivity contribution is 0.113. The maximum atomic E-state index is 5.49. The molecule has 0 aliphatic carbocycles. The van der Waals surface area contributed by atoms with Gasteiger partial charge in [0.2, 0.25) is 0 Å².